The Hall–Kier alpha value is -1.94. The summed E-state index contributed by atoms with van der Waals surface area (Å²) >= 11 is 5.02. The first kappa shape index (κ1) is 15.4. The van der Waals surface area contributed by atoms with Crippen molar-refractivity contribution in [3.8, 4) is 0 Å². The predicted molar refractivity (Wildman–Crippen MR) is 90.2 cm³/mol. The molecule has 2 aromatic rings. The molecular formula is C17H19FN2S. The van der Waals surface area contributed by atoms with Crippen LogP contribution in [0.1, 0.15) is 23.6 Å². The molecule has 110 valence electrons. The first-order valence-corrected chi connectivity index (χ1v) is 7.32. The van der Waals surface area contributed by atoms with Crippen molar-refractivity contribution >= 4 is 22.9 Å². The van der Waals surface area contributed by atoms with Crippen molar-refractivity contribution in [2.24, 2.45) is 5.73 Å². The number of rotatable bonds is 5. The van der Waals surface area contributed by atoms with Gasteiger partial charge in [0.1, 0.15) is 10.8 Å². The van der Waals surface area contributed by atoms with Crippen LogP contribution in [0.25, 0.3) is 0 Å². The third-order valence-electron chi connectivity index (χ3n) is 3.48. The van der Waals surface area contributed by atoms with Crippen molar-refractivity contribution in [1.29, 1.82) is 0 Å². The quantitative estimate of drug-likeness (QED) is 0.852. The third kappa shape index (κ3) is 3.79. The third-order valence-corrected chi connectivity index (χ3v) is 3.70. The summed E-state index contributed by atoms with van der Waals surface area (Å²) in [5.41, 5.74) is 9.60. The minimum absolute atomic E-state index is 0.226. The molecule has 0 heterocycles. The van der Waals surface area contributed by atoms with Crippen LogP contribution in [0.4, 0.5) is 10.1 Å². The number of halogens is 1. The van der Waals surface area contributed by atoms with Crippen LogP contribution in [0.15, 0.2) is 42.5 Å². The Balaban J connectivity index is 2.30. The summed E-state index contributed by atoms with van der Waals surface area (Å²) in [7, 11) is 0. The lowest BCUT2D eigenvalue weighted by atomic mass is 10.1. The maximum atomic E-state index is 13.4. The van der Waals surface area contributed by atoms with Crippen LogP contribution in [-0.2, 0) is 6.54 Å². The average molecular weight is 302 g/mol. The van der Waals surface area contributed by atoms with E-state index < -0.39 is 0 Å². The Bertz CT molecular complexity index is 638. The van der Waals surface area contributed by atoms with Crippen molar-refractivity contribution in [3.05, 3.63) is 65.0 Å². The van der Waals surface area contributed by atoms with Gasteiger partial charge in [0.25, 0.3) is 0 Å². The Kier molecular flexibility index (Phi) is 4.91. The summed E-state index contributed by atoms with van der Waals surface area (Å²) in [6.45, 7) is 5.64. The van der Waals surface area contributed by atoms with E-state index in [4.69, 9.17) is 18.0 Å². The fourth-order valence-electron chi connectivity index (χ4n) is 2.26. The van der Waals surface area contributed by atoms with E-state index in [9.17, 15) is 4.39 Å². The first-order chi connectivity index (χ1) is 10.0. The molecule has 21 heavy (non-hydrogen) atoms. The lowest BCUT2D eigenvalue weighted by molar-refractivity contribution is 0.626. The van der Waals surface area contributed by atoms with Crippen LogP contribution in [0.2, 0.25) is 0 Å². The summed E-state index contributed by atoms with van der Waals surface area (Å²) in [6.07, 6.45) is 0. The molecule has 0 fully saturated rings. The summed E-state index contributed by atoms with van der Waals surface area (Å²) in [4.78, 5) is 2.43. The number of hydrogen-bond donors (Lipinski definition) is 1. The van der Waals surface area contributed by atoms with Crippen molar-refractivity contribution in [1.82, 2.24) is 0 Å². The second-order valence-corrected chi connectivity index (χ2v) is 5.46. The van der Waals surface area contributed by atoms with Gasteiger partial charge in [-0.25, -0.2) is 4.39 Å². The molecular weight excluding hydrogens is 283 g/mol. The number of nitrogens with two attached hydrogens (primary N) is 1. The lowest BCUT2D eigenvalue weighted by Gasteiger charge is -2.24. The maximum absolute atomic E-state index is 13.4. The molecule has 0 spiro atoms. The van der Waals surface area contributed by atoms with Crippen LogP contribution in [0, 0.1) is 12.7 Å². The zero-order valence-corrected chi connectivity index (χ0v) is 13.1. The molecule has 2 N–H and O–H groups in total. The van der Waals surface area contributed by atoms with Crippen LogP contribution in [0.3, 0.4) is 0 Å². The lowest BCUT2D eigenvalue weighted by Crippen LogP contribution is -2.24. The fraction of sp³-hybridized carbons (Fsp3) is 0.235. The molecule has 0 unspecified atom stereocenters. The van der Waals surface area contributed by atoms with Crippen LogP contribution in [-0.4, -0.2) is 11.5 Å². The molecule has 0 aliphatic heterocycles. The van der Waals surface area contributed by atoms with Crippen LogP contribution in [0.5, 0.6) is 0 Å². The van der Waals surface area contributed by atoms with Crippen LogP contribution < -0.4 is 10.6 Å². The molecule has 0 saturated carbocycles. The van der Waals surface area contributed by atoms with E-state index in [1.165, 1.54) is 17.7 Å². The van der Waals surface area contributed by atoms with Crippen molar-refractivity contribution in [2.75, 3.05) is 11.4 Å². The molecule has 0 amide bonds. The minimum Gasteiger partial charge on any atom is -0.389 e. The Labute approximate surface area is 130 Å². The average Bonchev–Trinajstić information content (AvgIpc) is 2.47. The zero-order valence-electron chi connectivity index (χ0n) is 12.3. The SMILES string of the molecule is CCN(Cc1ccc(F)cc1C(N)=S)c1ccc(C)cc1. The Morgan fingerprint density at radius 3 is 2.43 bits per heavy atom. The van der Waals surface area contributed by atoms with Crippen LogP contribution >= 0.6 is 12.2 Å². The minimum atomic E-state index is -0.320. The smallest absolute Gasteiger partial charge is 0.123 e. The summed E-state index contributed by atoms with van der Waals surface area (Å²) in [6, 6.07) is 12.9. The number of anilines is 1. The summed E-state index contributed by atoms with van der Waals surface area (Å²) in [5, 5.41) is 0. The number of benzene rings is 2. The van der Waals surface area contributed by atoms with E-state index in [0.29, 0.717) is 12.1 Å². The van der Waals surface area contributed by atoms with Crippen molar-refractivity contribution in [2.45, 2.75) is 20.4 Å². The molecule has 2 rings (SSSR count). The largest absolute Gasteiger partial charge is 0.389 e. The zero-order chi connectivity index (χ0) is 15.4. The molecule has 0 aliphatic rings. The van der Waals surface area contributed by atoms with E-state index in [2.05, 4.69) is 43.0 Å². The van der Waals surface area contributed by atoms with Crippen molar-refractivity contribution in [3.63, 3.8) is 0 Å². The fourth-order valence-corrected chi connectivity index (χ4v) is 2.45. The highest BCUT2D eigenvalue weighted by Gasteiger charge is 2.11. The maximum Gasteiger partial charge on any atom is 0.123 e. The molecule has 4 heteroatoms. The monoisotopic (exact) mass is 302 g/mol. The van der Waals surface area contributed by atoms with Gasteiger partial charge < -0.3 is 10.6 Å². The van der Waals surface area contributed by atoms with Gasteiger partial charge >= 0.3 is 0 Å². The topological polar surface area (TPSA) is 29.3 Å². The van der Waals surface area contributed by atoms with E-state index in [1.807, 2.05) is 0 Å². The van der Waals surface area contributed by atoms with Gasteiger partial charge in [-0.05, 0) is 43.7 Å². The van der Waals surface area contributed by atoms with Gasteiger partial charge in [-0.1, -0.05) is 36.0 Å². The molecule has 0 atom stereocenters. The second kappa shape index (κ2) is 6.68. The van der Waals surface area contributed by atoms with Gasteiger partial charge in [0.2, 0.25) is 0 Å². The highest BCUT2D eigenvalue weighted by atomic mass is 32.1. The van der Waals surface area contributed by atoms with Gasteiger partial charge in [-0.15, -0.1) is 0 Å². The standard InChI is InChI=1S/C17H19FN2S/c1-3-20(15-8-4-12(2)5-9-15)11-13-6-7-14(18)10-16(13)17(19)21/h4-10H,3,11H2,1-2H3,(H2,19,21). The van der Waals surface area contributed by atoms with E-state index in [0.717, 1.165) is 17.8 Å². The van der Waals surface area contributed by atoms with Gasteiger partial charge in [0.15, 0.2) is 0 Å². The number of aryl methyl sites for hydroxylation is 1. The molecule has 0 saturated heterocycles. The Morgan fingerprint density at radius 1 is 1.19 bits per heavy atom. The highest BCUT2D eigenvalue weighted by molar-refractivity contribution is 7.80. The van der Waals surface area contributed by atoms with E-state index in [-0.39, 0.29) is 10.8 Å². The molecule has 0 aliphatic carbocycles. The van der Waals surface area contributed by atoms with Gasteiger partial charge in [0.05, 0.1) is 0 Å². The summed E-state index contributed by atoms with van der Waals surface area (Å²) in [5.74, 6) is -0.320. The molecule has 2 aromatic carbocycles. The van der Waals surface area contributed by atoms with E-state index in [1.54, 1.807) is 6.07 Å². The van der Waals surface area contributed by atoms with Gasteiger partial charge in [-0.2, -0.15) is 0 Å². The highest BCUT2D eigenvalue weighted by Crippen LogP contribution is 2.20. The van der Waals surface area contributed by atoms with Crippen molar-refractivity contribution < 1.29 is 4.39 Å². The van der Waals surface area contributed by atoms with Gasteiger partial charge in [-0.3, -0.25) is 0 Å². The number of hydrogen-bond acceptors (Lipinski definition) is 2. The summed E-state index contributed by atoms with van der Waals surface area (Å²) < 4.78 is 13.4. The molecule has 0 bridgehead atoms. The normalized spacial score (nSPS) is 10.4. The second-order valence-electron chi connectivity index (χ2n) is 5.02. The molecule has 0 aromatic heterocycles. The number of nitrogens with zero attached hydrogens (tertiary/aromatic N) is 1. The molecule has 2 nitrogen and oxygen atoms in total. The Morgan fingerprint density at radius 2 is 1.86 bits per heavy atom. The number of thiocarbonyl (C=S) groups is 1. The van der Waals surface area contributed by atoms with Gasteiger partial charge in [0, 0.05) is 24.3 Å². The predicted octanol–water partition coefficient (Wildman–Crippen LogP) is 3.79. The first-order valence-electron chi connectivity index (χ1n) is 6.91. The van der Waals surface area contributed by atoms with E-state index >= 15 is 0 Å². The molecule has 0 radical (unpaired) electrons.